The van der Waals surface area contributed by atoms with Gasteiger partial charge in [-0.2, -0.15) is 0 Å². The van der Waals surface area contributed by atoms with Gasteiger partial charge in [0.05, 0.1) is 5.57 Å². The van der Waals surface area contributed by atoms with Crippen LogP contribution < -0.4 is 16.2 Å². The number of fused-ring (bicyclic) bond motifs is 5. The van der Waals surface area contributed by atoms with Crippen molar-refractivity contribution in [2.45, 2.75) is 12.5 Å². The van der Waals surface area contributed by atoms with Crippen molar-refractivity contribution in [1.29, 1.82) is 0 Å². The number of nitrogens with two attached hydrogens (primary N) is 2. The predicted molar refractivity (Wildman–Crippen MR) is 110 cm³/mol. The fraction of sp³-hybridized carbons (Fsp3) is 0.130. The van der Waals surface area contributed by atoms with E-state index in [0.717, 1.165) is 0 Å². The molecule has 30 heavy (non-hydrogen) atoms. The molecule has 7 nitrogen and oxygen atoms in total. The summed E-state index contributed by atoms with van der Waals surface area (Å²) in [6.07, 6.45) is 6.22. The van der Waals surface area contributed by atoms with Gasteiger partial charge in [0.25, 0.3) is 0 Å². The molecule has 0 fully saturated rings. The molecule has 0 amide bonds. The minimum absolute atomic E-state index is 0.295. The Morgan fingerprint density at radius 1 is 0.967 bits per heavy atom. The monoisotopic (exact) mass is 402 g/mol. The standard InChI is InChI=1S/C23H18N2O5/c1-22(21(27)28)8-6-14-15(7-9-22)23(30-20(14)26)16-4-2-12(24)10-18(16)29-19-11-13(25)3-5-17(19)23/h2-11H,24-25H2,1H3,(H,27,28). The molecule has 0 bridgehead atoms. The van der Waals surface area contributed by atoms with Gasteiger partial charge >= 0.3 is 11.9 Å². The molecule has 7 heteroatoms. The van der Waals surface area contributed by atoms with E-state index in [1.165, 1.54) is 12.2 Å². The Morgan fingerprint density at radius 3 is 2.10 bits per heavy atom. The van der Waals surface area contributed by atoms with E-state index in [2.05, 4.69) is 0 Å². The number of ether oxygens (including phenoxy) is 2. The lowest BCUT2D eigenvalue weighted by Crippen LogP contribution is -2.34. The molecule has 0 saturated heterocycles. The molecule has 1 spiro atoms. The Bertz CT molecular complexity index is 1190. The van der Waals surface area contributed by atoms with Gasteiger partial charge in [0.2, 0.25) is 0 Å². The molecule has 0 aromatic heterocycles. The van der Waals surface area contributed by atoms with Gasteiger partial charge < -0.3 is 26.0 Å². The smallest absolute Gasteiger partial charge is 0.340 e. The van der Waals surface area contributed by atoms with E-state index in [-0.39, 0.29) is 0 Å². The van der Waals surface area contributed by atoms with Crippen LogP contribution in [-0.4, -0.2) is 17.0 Å². The minimum Gasteiger partial charge on any atom is -0.480 e. The molecular formula is C23H18N2O5. The Labute approximate surface area is 171 Å². The van der Waals surface area contributed by atoms with Gasteiger partial charge in [-0.15, -0.1) is 0 Å². The number of carbonyl (C=O) groups is 2. The molecule has 1 aliphatic carbocycles. The first-order valence-electron chi connectivity index (χ1n) is 9.32. The second kappa shape index (κ2) is 5.76. The van der Waals surface area contributed by atoms with Gasteiger partial charge in [-0.05, 0) is 37.3 Å². The van der Waals surface area contributed by atoms with Crippen LogP contribution in [0.3, 0.4) is 0 Å². The molecule has 2 aromatic carbocycles. The summed E-state index contributed by atoms with van der Waals surface area (Å²) >= 11 is 0. The summed E-state index contributed by atoms with van der Waals surface area (Å²) in [5.41, 5.74) is 12.4. The van der Waals surface area contributed by atoms with E-state index in [0.29, 0.717) is 45.1 Å². The number of carbonyl (C=O) groups excluding carboxylic acids is 1. The molecule has 1 atom stereocenters. The highest BCUT2D eigenvalue weighted by molar-refractivity contribution is 5.99. The molecule has 2 heterocycles. The number of rotatable bonds is 1. The van der Waals surface area contributed by atoms with Crippen LogP contribution in [0.4, 0.5) is 11.4 Å². The summed E-state index contributed by atoms with van der Waals surface area (Å²) in [6, 6.07) is 10.2. The van der Waals surface area contributed by atoms with Crippen molar-refractivity contribution in [3.05, 3.63) is 83.0 Å². The van der Waals surface area contributed by atoms with Crippen molar-refractivity contribution >= 4 is 23.3 Å². The van der Waals surface area contributed by atoms with Crippen LogP contribution in [0.5, 0.6) is 11.5 Å². The van der Waals surface area contributed by atoms with E-state index < -0.39 is 23.0 Å². The minimum atomic E-state index is -1.30. The fourth-order valence-electron chi connectivity index (χ4n) is 4.12. The zero-order valence-electron chi connectivity index (χ0n) is 16.0. The Balaban J connectivity index is 1.83. The molecule has 0 saturated carbocycles. The first-order chi connectivity index (χ1) is 14.2. The van der Waals surface area contributed by atoms with E-state index in [1.807, 2.05) is 0 Å². The molecule has 2 aromatic rings. The zero-order chi connectivity index (χ0) is 21.3. The zero-order valence-corrected chi connectivity index (χ0v) is 16.0. The molecule has 3 aliphatic rings. The summed E-state index contributed by atoms with van der Waals surface area (Å²) in [4.78, 5) is 24.8. The highest BCUT2D eigenvalue weighted by atomic mass is 16.6. The highest BCUT2D eigenvalue weighted by Crippen LogP contribution is 2.57. The molecule has 5 rings (SSSR count). The topological polar surface area (TPSA) is 125 Å². The number of hydrogen-bond acceptors (Lipinski definition) is 6. The predicted octanol–water partition coefficient (Wildman–Crippen LogP) is 3.27. The number of carboxylic acids is 1. The van der Waals surface area contributed by atoms with Gasteiger partial charge in [-0.1, -0.05) is 18.2 Å². The fourth-order valence-corrected chi connectivity index (χ4v) is 4.12. The van der Waals surface area contributed by atoms with Gasteiger partial charge in [0, 0.05) is 40.2 Å². The van der Waals surface area contributed by atoms with Crippen molar-refractivity contribution in [3.63, 3.8) is 0 Å². The van der Waals surface area contributed by atoms with E-state index in [1.54, 1.807) is 55.5 Å². The average molecular weight is 402 g/mol. The van der Waals surface area contributed by atoms with Crippen molar-refractivity contribution < 1.29 is 24.2 Å². The van der Waals surface area contributed by atoms with Gasteiger partial charge in [-0.3, -0.25) is 4.79 Å². The first-order valence-corrected chi connectivity index (χ1v) is 9.32. The largest absolute Gasteiger partial charge is 0.480 e. The quantitative estimate of drug-likeness (QED) is 0.494. The van der Waals surface area contributed by atoms with Crippen LogP contribution >= 0.6 is 0 Å². The number of esters is 1. The Hall–Kier alpha value is -4.00. The third-order valence-electron chi connectivity index (χ3n) is 5.78. The number of nitrogen functional groups attached to an aromatic ring is 2. The molecule has 2 aliphatic heterocycles. The van der Waals surface area contributed by atoms with Crippen molar-refractivity contribution in [3.8, 4) is 11.5 Å². The van der Waals surface area contributed by atoms with E-state index >= 15 is 0 Å². The van der Waals surface area contributed by atoms with E-state index in [9.17, 15) is 14.7 Å². The van der Waals surface area contributed by atoms with Gasteiger partial charge in [-0.25, -0.2) is 4.79 Å². The van der Waals surface area contributed by atoms with Gasteiger partial charge in [0.1, 0.15) is 16.9 Å². The summed E-state index contributed by atoms with van der Waals surface area (Å²) in [7, 11) is 0. The number of benzene rings is 2. The summed E-state index contributed by atoms with van der Waals surface area (Å²) in [5, 5.41) is 9.65. The second-order valence-corrected chi connectivity index (χ2v) is 7.77. The molecular weight excluding hydrogens is 384 g/mol. The lowest BCUT2D eigenvalue weighted by atomic mass is 9.76. The van der Waals surface area contributed by atoms with Crippen LogP contribution in [0, 0.1) is 5.41 Å². The number of anilines is 2. The third-order valence-corrected chi connectivity index (χ3v) is 5.78. The van der Waals surface area contributed by atoms with Crippen LogP contribution in [0.25, 0.3) is 0 Å². The average Bonchev–Trinajstić information content (AvgIpc) is 2.82. The number of carboxylic acid groups (broad SMARTS) is 1. The molecule has 0 radical (unpaired) electrons. The highest BCUT2D eigenvalue weighted by Gasteiger charge is 2.54. The first kappa shape index (κ1) is 18.1. The van der Waals surface area contributed by atoms with Gasteiger partial charge in [0.15, 0.2) is 5.60 Å². The SMILES string of the molecule is CC1(C(=O)O)C=CC2=C(C=C1)C1(OC2=O)c2ccc(N)cc2Oc2cc(N)ccc21. The molecule has 5 N–H and O–H groups in total. The lowest BCUT2D eigenvalue weighted by molar-refractivity contribution is -0.145. The lowest BCUT2D eigenvalue weighted by Gasteiger charge is -2.37. The number of aliphatic carboxylic acids is 1. The number of hydrogen-bond donors (Lipinski definition) is 3. The normalized spacial score (nSPS) is 22.6. The molecule has 150 valence electrons. The van der Waals surface area contributed by atoms with Crippen molar-refractivity contribution in [2.75, 3.05) is 11.5 Å². The van der Waals surface area contributed by atoms with Crippen molar-refractivity contribution in [1.82, 2.24) is 0 Å². The summed E-state index contributed by atoms with van der Waals surface area (Å²) < 4.78 is 12.1. The van der Waals surface area contributed by atoms with Crippen LogP contribution in [-0.2, 0) is 19.9 Å². The Morgan fingerprint density at radius 2 is 1.53 bits per heavy atom. The maximum atomic E-state index is 13.0. The van der Waals surface area contributed by atoms with Crippen LogP contribution in [0.15, 0.2) is 71.8 Å². The maximum Gasteiger partial charge on any atom is 0.340 e. The second-order valence-electron chi connectivity index (χ2n) is 7.77. The summed E-state index contributed by atoms with van der Waals surface area (Å²) in [5.74, 6) is -0.686. The Kier molecular flexibility index (Phi) is 3.47. The van der Waals surface area contributed by atoms with Crippen molar-refractivity contribution in [2.24, 2.45) is 5.41 Å². The van der Waals surface area contributed by atoms with Crippen LogP contribution in [0.2, 0.25) is 0 Å². The third kappa shape index (κ3) is 2.26. The molecule has 1 unspecified atom stereocenters. The summed E-state index contributed by atoms with van der Waals surface area (Å²) in [6.45, 7) is 1.57. The van der Waals surface area contributed by atoms with E-state index in [4.69, 9.17) is 20.9 Å². The van der Waals surface area contributed by atoms with Crippen LogP contribution in [0.1, 0.15) is 18.1 Å². The maximum absolute atomic E-state index is 13.0.